The van der Waals surface area contributed by atoms with Crippen molar-refractivity contribution in [2.24, 2.45) is 0 Å². The zero-order chi connectivity index (χ0) is 16.7. The highest BCUT2D eigenvalue weighted by Gasteiger charge is 2.18. The molecule has 1 aromatic carbocycles. The molecule has 0 saturated carbocycles. The SMILES string of the molecule is CC[C@@H](C)NC(=O)NC(=O)COc1ccc(C2SCCS2)cc1. The zero-order valence-electron chi connectivity index (χ0n) is 13.3. The molecule has 0 aromatic heterocycles. The Hall–Kier alpha value is -1.34. The molecule has 1 aliphatic rings. The summed E-state index contributed by atoms with van der Waals surface area (Å²) in [4.78, 5) is 23.2. The first-order chi connectivity index (χ1) is 11.1. The molecule has 2 rings (SSSR count). The van der Waals surface area contributed by atoms with E-state index in [4.69, 9.17) is 4.74 Å². The summed E-state index contributed by atoms with van der Waals surface area (Å²) in [5.74, 6) is 2.54. The maximum atomic E-state index is 11.7. The summed E-state index contributed by atoms with van der Waals surface area (Å²) in [6.45, 7) is 3.66. The average Bonchev–Trinajstić information content (AvgIpc) is 3.07. The monoisotopic (exact) mass is 354 g/mol. The summed E-state index contributed by atoms with van der Waals surface area (Å²) in [5.41, 5.74) is 1.27. The molecule has 1 fully saturated rings. The van der Waals surface area contributed by atoms with Gasteiger partial charge in [-0.2, -0.15) is 0 Å². The van der Waals surface area contributed by atoms with Crippen LogP contribution in [-0.2, 0) is 4.79 Å². The lowest BCUT2D eigenvalue weighted by Crippen LogP contribution is -2.44. The minimum atomic E-state index is -0.487. The lowest BCUT2D eigenvalue weighted by molar-refractivity contribution is -0.122. The van der Waals surface area contributed by atoms with E-state index >= 15 is 0 Å². The fourth-order valence-corrected chi connectivity index (χ4v) is 4.80. The van der Waals surface area contributed by atoms with E-state index in [1.54, 1.807) is 0 Å². The largest absolute Gasteiger partial charge is 0.484 e. The highest BCUT2D eigenvalue weighted by Crippen LogP contribution is 2.45. The van der Waals surface area contributed by atoms with Gasteiger partial charge in [-0.3, -0.25) is 10.1 Å². The maximum Gasteiger partial charge on any atom is 0.321 e. The molecule has 3 amide bonds. The van der Waals surface area contributed by atoms with Gasteiger partial charge in [0.2, 0.25) is 0 Å². The Morgan fingerprint density at radius 3 is 2.52 bits per heavy atom. The van der Waals surface area contributed by atoms with Gasteiger partial charge in [-0.05, 0) is 31.0 Å². The van der Waals surface area contributed by atoms with E-state index < -0.39 is 11.9 Å². The van der Waals surface area contributed by atoms with Crippen LogP contribution in [0.3, 0.4) is 0 Å². The number of imide groups is 1. The van der Waals surface area contributed by atoms with Gasteiger partial charge in [0.05, 0.1) is 4.58 Å². The average molecular weight is 354 g/mol. The van der Waals surface area contributed by atoms with Crippen molar-refractivity contribution < 1.29 is 14.3 Å². The molecule has 126 valence electrons. The Morgan fingerprint density at radius 1 is 1.26 bits per heavy atom. The molecule has 1 heterocycles. The van der Waals surface area contributed by atoms with Crippen LogP contribution in [0.4, 0.5) is 4.79 Å². The van der Waals surface area contributed by atoms with E-state index in [2.05, 4.69) is 10.6 Å². The van der Waals surface area contributed by atoms with Crippen LogP contribution in [0.15, 0.2) is 24.3 Å². The van der Waals surface area contributed by atoms with Gasteiger partial charge in [0.1, 0.15) is 5.75 Å². The van der Waals surface area contributed by atoms with Crippen LogP contribution >= 0.6 is 23.5 Å². The summed E-state index contributed by atoms with van der Waals surface area (Å²) in [7, 11) is 0. The lowest BCUT2D eigenvalue weighted by Gasteiger charge is -2.12. The van der Waals surface area contributed by atoms with Crippen LogP contribution in [0.25, 0.3) is 0 Å². The van der Waals surface area contributed by atoms with Crippen LogP contribution in [0.2, 0.25) is 0 Å². The van der Waals surface area contributed by atoms with Gasteiger partial charge in [-0.25, -0.2) is 4.79 Å². The van der Waals surface area contributed by atoms with Gasteiger partial charge >= 0.3 is 6.03 Å². The normalized spacial score (nSPS) is 15.9. The van der Waals surface area contributed by atoms with Crippen molar-refractivity contribution in [1.29, 1.82) is 0 Å². The molecule has 2 N–H and O–H groups in total. The van der Waals surface area contributed by atoms with Crippen molar-refractivity contribution in [2.45, 2.75) is 30.9 Å². The topological polar surface area (TPSA) is 67.4 Å². The molecule has 1 aliphatic heterocycles. The minimum absolute atomic E-state index is 0.0302. The smallest absolute Gasteiger partial charge is 0.321 e. The summed E-state index contributed by atoms with van der Waals surface area (Å²) < 4.78 is 5.91. The highest BCUT2D eigenvalue weighted by atomic mass is 32.2. The Labute approximate surface area is 145 Å². The van der Waals surface area contributed by atoms with Crippen molar-refractivity contribution in [3.63, 3.8) is 0 Å². The van der Waals surface area contributed by atoms with Gasteiger partial charge < -0.3 is 10.1 Å². The van der Waals surface area contributed by atoms with Crippen LogP contribution in [0.5, 0.6) is 5.75 Å². The second-order valence-electron chi connectivity index (χ2n) is 5.26. The third kappa shape index (κ3) is 5.99. The molecule has 0 spiro atoms. The standard InChI is InChI=1S/C16H22N2O3S2/c1-3-11(2)17-16(20)18-14(19)10-21-13-6-4-12(5-7-13)15-22-8-9-23-15/h4-7,11,15H,3,8-10H2,1-2H3,(H2,17,18,19,20)/t11-/m1/s1. The van der Waals surface area contributed by atoms with Gasteiger partial charge in [-0.15, -0.1) is 23.5 Å². The molecule has 0 aliphatic carbocycles. The molecule has 7 heteroatoms. The van der Waals surface area contributed by atoms with Crippen LogP contribution < -0.4 is 15.4 Å². The summed E-state index contributed by atoms with van der Waals surface area (Å²) >= 11 is 3.89. The predicted molar refractivity (Wildman–Crippen MR) is 96.0 cm³/mol. The molecular weight excluding hydrogens is 332 g/mol. The Kier molecular flexibility index (Phi) is 7.11. The molecule has 23 heavy (non-hydrogen) atoms. The highest BCUT2D eigenvalue weighted by molar-refractivity contribution is 8.19. The summed E-state index contributed by atoms with van der Waals surface area (Å²) in [6.07, 6.45) is 0.808. The number of thioether (sulfide) groups is 2. The first-order valence-electron chi connectivity index (χ1n) is 7.64. The maximum absolute atomic E-state index is 11.7. The predicted octanol–water partition coefficient (Wildman–Crippen LogP) is 3.17. The van der Waals surface area contributed by atoms with E-state index in [0.29, 0.717) is 10.3 Å². The molecular formula is C16H22N2O3S2. The Bertz CT molecular complexity index is 531. The van der Waals surface area contributed by atoms with Gasteiger partial charge in [0, 0.05) is 17.5 Å². The number of hydrogen-bond acceptors (Lipinski definition) is 5. The molecule has 0 radical (unpaired) electrons. The van der Waals surface area contributed by atoms with Crippen molar-refractivity contribution in [2.75, 3.05) is 18.1 Å². The van der Waals surface area contributed by atoms with Crippen LogP contribution in [-0.4, -0.2) is 36.1 Å². The lowest BCUT2D eigenvalue weighted by atomic mass is 10.2. The second-order valence-corrected chi connectivity index (χ2v) is 7.99. The van der Waals surface area contributed by atoms with Crippen molar-refractivity contribution in [1.82, 2.24) is 10.6 Å². The number of ether oxygens (including phenoxy) is 1. The van der Waals surface area contributed by atoms with E-state index in [1.165, 1.54) is 17.1 Å². The fourth-order valence-electron chi connectivity index (χ4n) is 1.95. The van der Waals surface area contributed by atoms with Gasteiger partial charge in [0.15, 0.2) is 6.61 Å². The number of benzene rings is 1. The number of hydrogen-bond donors (Lipinski definition) is 2. The number of urea groups is 1. The first-order valence-corrected chi connectivity index (χ1v) is 9.74. The molecule has 5 nitrogen and oxygen atoms in total. The number of nitrogens with one attached hydrogen (secondary N) is 2. The number of rotatable bonds is 6. The second kappa shape index (κ2) is 9.08. The van der Waals surface area contributed by atoms with E-state index in [9.17, 15) is 9.59 Å². The van der Waals surface area contributed by atoms with E-state index in [1.807, 2.05) is 61.6 Å². The number of amides is 3. The molecule has 1 atom stereocenters. The number of carbonyl (C=O) groups is 2. The van der Waals surface area contributed by atoms with Crippen LogP contribution in [0, 0.1) is 0 Å². The molecule has 0 bridgehead atoms. The molecule has 1 saturated heterocycles. The third-order valence-corrected chi connectivity index (χ3v) is 6.49. The molecule has 0 unspecified atom stereocenters. The molecule has 1 aromatic rings. The van der Waals surface area contributed by atoms with Crippen molar-refractivity contribution in [3.05, 3.63) is 29.8 Å². The fraction of sp³-hybridized carbons (Fsp3) is 0.500. The Balaban J connectivity index is 1.74. The van der Waals surface area contributed by atoms with Gasteiger partial charge in [0.25, 0.3) is 5.91 Å². The third-order valence-electron chi connectivity index (χ3n) is 3.39. The number of carbonyl (C=O) groups excluding carboxylic acids is 2. The van der Waals surface area contributed by atoms with E-state index in [0.717, 1.165) is 6.42 Å². The Morgan fingerprint density at radius 2 is 1.91 bits per heavy atom. The van der Waals surface area contributed by atoms with Crippen LogP contribution in [0.1, 0.15) is 30.4 Å². The van der Waals surface area contributed by atoms with E-state index in [-0.39, 0.29) is 12.6 Å². The zero-order valence-corrected chi connectivity index (χ0v) is 15.0. The first kappa shape index (κ1) is 18.0. The van der Waals surface area contributed by atoms with Crippen molar-refractivity contribution >= 4 is 35.5 Å². The van der Waals surface area contributed by atoms with Crippen molar-refractivity contribution in [3.8, 4) is 5.75 Å². The minimum Gasteiger partial charge on any atom is -0.484 e. The summed E-state index contributed by atoms with van der Waals surface area (Å²) in [5, 5.41) is 4.92. The van der Waals surface area contributed by atoms with Gasteiger partial charge in [-0.1, -0.05) is 19.1 Å². The quantitative estimate of drug-likeness (QED) is 0.821. The summed E-state index contributed by atoms with van der Waals surface area (Å²) in [6, 6.07) is 7.32.